The molecule has 1 aliphatic rings. The predicted octanol–water partition coefficient (Wildman–Crippen LogP) is 3.87. The third kappa shape index (κ3) is 6.63. The average Bonchev–Trinajstić information content (AvgIpc) is 3.22. The topological polar surface area (TPSA) is 90.5 Å². The normalized spacial score (nSPS) is 15.8. The first-order chi connectivity index (χ1) is 14.8. The van der Waals surface area contributed by atoms with Gasteiger partial charge >= 0.3 is 0 Å². The van der Waals surface area contributed by atoms with Crippen LogP contribution in [0.1, 0.15) is 54.9 Å². The molecule has 3 N–H and O–H groups in total. The summed E-state index contributed by atoms with van der Waals surface area (Å²) in [6, 6.07) is 9.15. The summed E-state index contributed by atoms with van der Waals surface area (Å²) in [5.41, 5.74) is 1.31. The van der Waals surface area contributed by atoms with Crippen LogP contribution in [-0.2, 0) is 9.59 Å². The summed E-state index contributed by atoms with van der Waals surface area (Å²) >= 11 is 1.70. The van der Waals surface area contributed by atoms with Gasteiger partial charge in [0.05, 0.1) is 6.04 Å². The molecule has 31 heavy (non-hydrogen) atoms. The number of amides is 3. The van der Waals surface area contributed by atoms with Crippen LogP contribution in [0.3, 0.4) is 0 Å². The number of thiophene rings is 1. The zero-order valence-electron chi connectivity index (χ0n) is 18.2. The van der Waals surface area contributed by atoms with E-state index in [1.165, 1.54) is 18.7 Å². The van der Waals surface area contributed by atoms with Gasteiger partial charge in [-0.2, -0.15) is 0 Å². The van der Waals surface area contributed by atoms with Crippen LogP contribution in [0.2, 0.25) is 0 Å². The number of rotatable bonds is 7. The van der Waals surface area contributed by atoms with Crippen molar-refractivity contribution in [3.63, 3.8) is 0 Å². The lowest BCUT2D eigenvalue weighted by atomic mass is 9.97. The molecule has 0 saturated carbocycles. The maximum Gasteiger partial charge on any atom is 0.251 e. The summed E-state index contributed by atoms with van der Waals surface area (Å²) in [5, 5.41) is 10.5. The Morgan fingerprint density at radius 2 is 1.68 bits per heavy atom. The van der Waals surface area contributed by atoms with Crippen LogP contribution in [0.25, 0.3) is 0 Å². The first kappa shape index (κ1) is 23.0. The molecule has 1 atom stereocenters. The Kier molecular flexibility index (Phi) is 7.81. The number of anilines is 2. The number of piperidine rings is 1. The molecular weight excluding hydrogens is 412 g/mol. The van der Waals surface area contributed by atoms with Crippen molar-refractivity contribution in [2.24, 2.45) is 5.92 Å². The molecule has 8 heteroatoms. The quantitative estimate of drug-likeness (QED) is 0.607. The van der Waals surface area contributed by atoms with Crippen molar-refractivity contribution in [2.75, 3.05) is 30.3 Å². The Morgan fingerprint density at radius 3 is 2.19 bits per heavy atom. The van der Waals surface area contributed by atoms with E-state index in [9.17, 15) is 14.4 Å². The standard InChI is InChI=1S/C23H30N4O3S/c1-15-6-8-27(9-7-15)21(22-5-4-10-31-22)14-24-23(30)18-11-19(25-16(2)28)13-20(12-18)26-17(3)29/h4-5,10-13,15,21H,6-9,14H2,1-3H3,(H,24,30)(H,25,28)(H,26,29)/t21-/m1/s1. The van der Waals surface area contributed by atoms with E-state index in [2.05, 4.69) is 39.2 Å². The Labute approximate surface area is 187 Å². The van der Waals surface area contributed by atoms with Crippen LogP contribution in [0.4, 0.5) is 11.4 Å². The van der Waals surface area contributed by atoms with Gasteiger partial charge in [0.2, 0.25) is 11.8 Å². The van der Waals surface area contributed by atoms with Crippen LogP contribution in [0.5, 0.6) is 0 Å². The number of carbonyl (C=O) groups excluding carboxylic acids is 3. The van der Waals surface area contributed by atoms with Crippen LogP contribution in [-0.4, -0.2) is 42.3 Å². The average molecular weight is 443 g/mol. The summed E-state index contributed by atoms with van der Waals surface area (Å²) in [6.07, 6.45) is 2.32. The minimum absolute atomic E-state index is 0.129. The zero-order chi connectivity index (χ0) is 22.4. The second-order valence-corrected chi connectivity index (χ2v) is 9.10. The molecule has 0 spiro atoms. The Morgan fingerprint density at radius 1 is 1.06 bits per heavy atom. The molecule has 3 rings (SSSR count). The number of nitrogens with zero attached hydrogens (tertiary/aromatic N) is 1. The van der Waals surface area contributed by atoms with Crippen molar-refractivity contribution in [1.29, 1.82) is 0 Å². The molecule has 166 valence electrons. The highest BCUT2D eigenvalue weighted by Crippen LogP contribution is 2.29. The zero-order valence-corrected chi connectivity index (χ0v) is 19.1. The van der Waals surface area contributed by atoms with Crippen LogP contribution >= 0.6 is 11.3 Å². The fourth-order valence-corrected chi connectivity index (χ4v) is 4.69. The second-order valence-electron chi connectivity index (χ2n) is 8.12. The highest BCUT2D eigenvalue weighted by molar-refractivity contribution is 7.10. The number of hydrogen-bond donors (Lipinski definition) is 3. The molecule has 1 aromatic heterocycles. The molecule has 7 nitrogen and oxygen atoms in total. The molecular formula is C23H30N4O3S. The Balaban J connectivity index is 1.75. The van der Waals surface area contributed by atoms with Crippen molar-refractivity contribution >= 4 is 40.4 Å². The Hall–Kier alpha value is -2.71. The highest BCUT2D eigenvalue weighted by Gasteiger charge is 2.26. The molecule has 2 heterocycles. The summed E-state index contributed by atoms with van der Waals surface area (Å²) in [6.45, 7) is 7.61. The maximum atomic E-state index is 13.0. The van der Waals surface area contributed by atoms with Crippen molar-refractivity contribution < 1.29 is 14.4 Å². The lowest BCUT2D eigenvalue weighted by Crippen LogP contribution is -2.41. The van der Waals surface area contributed by atoms with Gasteiger partial charge in [-0.1, -0.05) is 13.0 Å². The van der Waals surface area contributed by atoms with Gasteiger partial charge in [-0.3, -0.25) is 19.3 Å². The van der Waals surface area contributed by atoms with Gasteiger partial charge in [-0.15, -0.1) is 11.3 Å². The lowest BCUT2D eigenvalue weighted by molar-refractivity contribution is -0.115. The van der Waals surface area contributed by atoms with E-state index in [1.807, 2.05) is 6.07 Å². The molecule has 1 fully saturated rings. The van der Waals surface area contributed by atoms with Crippen molar-refractivity contribution in [2.45, 2.75) is 39.7 Å². The minimum Gasteiger partial charge on any atom is -0.350 e. The molecule has 1 saturated heterocycles. The Bertz CT molecular complexity index is 887. The second kappa shape index (κ2) is 10.5. The molecule has 0 bridgehead atoms. The minimum atomic E-state index is -0.247. The van der Waals surface area contributed by atoms with E-state index in [0.717, 1.165) is 31.8 Å². The molecule has 3 amide bonds. The maximum absolute atomic E-state index is 13.0. The van der Waals surface area contributed by atoms with Gasteiger partial charge in [0.15, 0.2) is 0 Å². The SMILES string of the molecule is CC(=O)Nc1cc(NC(C)=O)cc(C(=O)NC[C@H](c2cccs2)N2CCC(C)CC2)c1. The fourth-order valence-electron chi connectivity index (χ4n) is 3.83. The number of hydrogen-bond acceptors (Lipinski definition) is 5. The van der Waals surface area contributed by atoms with Gasteiger partial charge in [0.25, 0.3) is 5.91 Å². The highest BCUT2D eigenvalue weighted by atomic mass is 32.1. The predicted molar refractivity (Wildman–Crippen MR) is 124 cm³/mol. The number of benzene rings is 1. The molecule has 0 aliphatic carbocycles. The number of carbonyl (C=O) groups is 3. The van der Waals surface area contributed by atoms with Crippen molar-refractivity contribution in [3.8, 4) is 0 Å². The first-order valence-corrected chi connectivity index (χ1v) is 11.5. The number of nitrogens with one attached hydrogen (secondary N) is 3. The lowest BCUT2D eigenvalue weighted by Gasteiger charge is -2.36. The third-order valence-corrected chi connectivity index (χ3v) is 6.40. The monoisotopic (exact) mass is 442 g/mol. The number of likely N-dealkylation sites (tertiary alicyclic amines) is 1. The van der Waals surface area contributed by atoms with E-state index in [0.29, 0.717) is 23.5 Å². The van der Waals surface area contributed by atoms with Gasteiger partial charge in [-0.05, 0) is 61.5 Å². The largest absolute Gasteiger partial charge is 0.350 e. The summed E-state index contributed by atoms with van der Waals surface area (Å²) < 4.78 is 0. The molecule has 1 aliphatic heterocycles. The third-order valence-electron chi connectivity index (χ3n) is 5.42. The van der Waals surface area contributed by atoms with Crippen LogP contribution in [0, 0.1) is 5.92 Å². The van der Waals surface area contributed by atoms with Crippen molar-refractivity contribution in [3.05, 3.63) is 46.2 Å². The van der Waals surface area contributed by atoms with E-state index >= 15 is 0 Å². The van der Waals surface area contributed by atoms with E-state index in [4.69, 9.17) is 0 Å². The van der Waals surface area contributed by atoms with Crippen molar-refractivity contribution in [1.82, 2.24) is 10.2 Å². The van der Waals surface area contributed by atoms with E-state index < -0.39 is 0 Å². The summed E-state index contributed by atoms with van der Waals surface area (Å²) in [7, 11) is 0. The van der Waals surface area contributed by atoms with Crippen LogP contribution in [0.15, 0.2) is 35.7 Å². The van der Waals surface area contributed by atoms with Crippen LogP contribution < -0.4 is 16.0 Å². The molecule has 1 aromatic carbocycles. The van der Waals surface area contributed by atoms with E-state index in [-0.39, 0.29) is 23.8 Å². The smallest absolute Gasteiger partial charge is 0.251 e. The molecule has 0 unspecified atom stereocenters. The first-order valence-electron chi connectivity index (χ1n) is 10.6. The fraction of sp³-hybridized carbons (Fsp3) is 0.435. The van der Waals surface area contributed by atoms with Gasteiger partial charge in [0, 0.05) is 42.2 Å². The van der Waals surface area contributed by atoms with Gasteiger partial charge in [-0.25, -0.2) is 0 Å². The van der Waals surface area contributed by atoms with Gasteiger partial charge < -0.3 is 16.0 Å². The summed E-state index contributed by atoms with van der Waals surface area (Å²) in [5.74, 6) is -0.00360. The summed E-state index contributed by atoms with van der Waals surface area (Å²) in [4.78, 5) is 39.6. The van der Waals surface area contributed by atoms with E-state index in [1.54, 1.807) is 29.5 Å². The molecule has 2 aromatic rings. The molecule has 0 radical (unpaired) electrons. The van der Waals surface area contributed by atoms with Gasteiger partial charge in [0.1, 0.15) is 0 Å².